The van der Waals surface area contributed by atoms with Gasteiger partial charge in [-0.3, -0.25) is 9.69 Å². The molecule has 2 N–H and O–H groups in total. The maximum Gasteiger partial charge on any atom is 0.407 e. The zero-order valence-electron chi connectivity index (χ0n) is 19.5. The maximum absolute atomic E-state index is 13.6. The number of nitrogens with one attached hydrogen (secondary N) is 1. The van der Waals surface area contributed by atoms with E-state index in [4.69, 9.17) is 4.98 Å². The molecule has 1 aromatic carbocycles. The first-order chi connectivity index (χ1) is 18.4. The van der Waals surface area contributed by atoms with Gasteiger partial charge in [0.25, 0.3) is 5.91 Å². The summed E-state index contributed by atoms with van der Waals surface area (Å²) >= 11 is 0. The van der Waals surface area contributed by atoms with E-state index in [1.165, 1.54) is 40.0 Å². The van der Waals surface area contributed by atoms with E-state index >= 15 is 0 Å². The maximum atomic E-state index is 13.6. The number of nitrogens with zero attached hydrogens (tertiary/aromatic N) is 7. The zero-order valence-corrected chi connectivity index (χ0v) is 19.5. The summed E-state index contributed by atoms with van der Waals surface area (Å²) in [5, 5.41) is 16.7. The monoisotopic (exact) mass is 516 g/mol. The fraction of sp³-hybridized carbons (Fsp3) is 0.120. The molecule has 38 heavy (non-hydrogen) atoms. The molecule has 0 unspecified atom stereocenters. The summed E-state index contributed by atoms with van der Waals surface area (Å²) < 4.78 is 30.4. The van der Waals surface area contributed by atoms with Gasteiger partial charge in [-0.25, -0.2) is 28.7 Å². The van der Waals surface area contributed by atoms with Crippen LogP contribution in [0.15, 0.2) is 60.9 Å². The normalized spacial score (nSPS) is 12.9. The highest BCUT2D eigenvalue weighted by Crippen LogP contribution is 2.34. The third kappa shape index (κ3) is 4.19. The van der Waals surface area contributed by atoms with Gasteiger partial charge in [0.05, 0.1) is 24.1 Å². The predicted octanol–water partition coefficient (Wildman–Crippen LogP) is 3.68. The van der Waals surface area contributed by atoms with Gasteiger partial charge in [0.1, 0.15) is 17.3 Å². The largest absolute Gasteiger partial charge is 0.465 e. The highest BCUT2D eigenvalue weighted by Gasteiger charge is 2.28. The summed E-state index contributed by atoms with van der Waals surface area (Å²) in [6.45, 7) is 0.731. The van der Waals surface area contributed by atoms with Gasteiger partial charge in [0, 0.05) is 36.5 Å². The van der Waals surface area contributed by atoms with Crippen LogP contribution in [-0.2, 0) is 13.1 Å². The molecular formula is C25H18F2N8O3. The molecule has 190 valence electrons. The number of anilines is 1. The second kappa shape index (κ2) is 9.03. The molecule has 5 heterocycles. The fourth-order valence-electron chi connectivity index (χ4n) is 4.36. The van der Waals surface area contributed by atoms with E-state index in [1.54, 1.807) is 24.3 Å². The lowest BCUT2D eigenvalue weighted by Gasteiger charge is -2.26. The molecule has 0 atom stereocenters. The fourth-order valence-corrected chi connectivity index (χ4v) is 4.36. The SMILES string of the molecule is O=C(Nc1cn2nc(-c3c(-c4ccc(F)cc4)nc4n3CCN(C(=O)O)C4)ccc2n1)c1ccnc(F)c1. The summed E-state index contributed by atoms with van der Waals surface area (Å²) in [4.78, 5) is 37.8. The minimum absolute atomic E-state index is 0.0911. The van der Waals surface area contributed by atoms with Gasteiger partial charge in [-0.15, -0.1) is 0 Å². The molecule has 0 spiro atoms. The lowest BCUT2D eigenvalue weighted by Crippen LogP contribution is -2.37. The molecule has 11 nitrogen and oxygen atoms in total. The molecular weight excluding hydrogens is 498 g/mol. The van der Waals surface area contributed by atoms with Crippen molar-refractivity contribution in [2.24, 2.45) is 0 Å². The first-order valence-corrected chi connectivity index (χ1v) is 11.5. The van der Waals surface area contributed by atoms with E-state index < -0.39 is 23.8 Å². The number of amides is 2. The number of halogens is 2. The van der Waals surface area contributed by atoms with Gasteiger partial charge in [0.15, 0.2) is 11.5 Å². The summed E-state index contributed by atoms with van der Waals surface area (Å²) in [7, 11) is 0. The first-order valence-electron chi connectivity index (χ1n) is 11.5. The third-order valence-corrected chi connectivity index (χ3v) is 6.15. The van der Waals surface area contributed by atoms with E-state index in [0.29, 0.717) is 40.7 Å². The van der Waals surface area contributed by atoms with Gasteiger partial charge in [0.2, 0.25) is 5.95 Å². The summed E-state index contributed by atoms with van der Waals surface area (Å²) in [5.41, 5.74) is 2.88. The average molecular weight is 516 g/mol. The van der Waals surface area contributed by atoms with Gasteiger partial charge in [-0.1, -0.05) is 0 Å². The highest BCUT2D eigenvalue weighted by molar-refractivity contribution is 6.03. The minimum atomic E-state index is -1.04. The molecule has 0 bridgehead atoms. The number of aromatic nitrogens is 6. The van der Waals surface area contributed by atoms with Crippen molar-refractivity contribution >= 4 is 23.5 Å². The van der Waals surface area contributed by atoms with Crippen molar-refractivity contribution < 1.29 is 23.5 Å². The zero-order chi connectivity index (χ0) is 26.4. The first kappa shape index (κ1) is 23.2. The molecule has 4 aromatic heterocycles. The van der Waals surface area contributed by atoms with Crippen LogP contribution in [0, 0.1) is 11.8 Å². The second-order valence-corrected chi connectivity index (χ2v) is 8.56. The van der Waals surface area contributed by atoms with E-state index in [-0.39, 0.29) is 24.5 Å². The number of carbonyl (C=O) groups is 2. The smallest absolute Gasteiger partial charge is 0.407 e. The summed E-state index contributed by atoms with van der Waals surface area (Å²) in [5.74, 6) is -0.965. The number of rotatable bonds is 4. The Hall–Kier alpha value is -5.20. The molecule has 0 fully saturated rings. The Kier molecular flexibility index (Phi) is 5.52. The minimum Gasteiger partial charge on any atom is -0.465 e. The summed E-state index contributed by atoms with van der Waals surface area (Å²) in [6.07, 6.45) is 1.68. The lowest BCUT2D eigenvalue weighted by atomic mass is 10.1. The molecule has 1 aliphatic rings. The molecule has 6 rings (SSSR count). The predicted molar refractivity (Wildman–Crippen MR) is 130 cm³/mol. The van der Waals surface area contributed by atoms with Crippen molar-refractivity contribution in [1.29, 1.82) is 0 Å². The quantitative estimate of drug-likeness (QED) is 0.349. The van der Waals surface area contributed by atoms with Crippen LogP contribution in [0.25, 0.3) is 28.3 Å². The van der Waals surface area contributed by atoms with Crippen LogP contribution in [-0.4, -0.2) is 57.7 Å². The number of imidazole rings is 2. The van der Waals surface area contributed by atoms with Crippen molar-refractivity contribution in [3.8, 4) is 22.6 Å². The van der Waals surface area contributed by atoms with Crippen LogP contribution in [0.3, 0.4) is 0 Å². The van der Waals surface area contributed by atoms with Crippen LogP contribution in [0.1, 0.15) is 16.2 Å². The lowest BCUT2D eigenvalue weighted by molar-refractivity contribution is 0.102. The molecule has 0 saturated carbocycles. The number of hydrogen-bond acceptors (Lipinski definition) is 6. The van der Waals surface area contributed by atoms with E-state index in [9.17, 15) is 23.5 Å². The number of carbonyl (C=O) groups excluding carboxylic acids is 1. The Morgan fingerprint density at radius 2 is 1.82 bits per heavy atom. The molecule has 1 aliphatic heterocycles. The van der Waals surface area contributed by atoms with Crippen molar-refractivity contribution in [2.75, 3.05) is 11.9 Å². The molecule has 2 amide bonds. The standard InChI is InChI=1S/C25H18F2N8O3/c26-16-3-1-14(2-4-16)22-23(34-10-9-33(25(37)38)13-21(34)31-22)17-5-6-20-29-19(12-35(20)32-17)30-24(36)15-7-8-28-18(27)11-15/h1-8,11-12H,9-10,13H2,(H,30,36)(H,37,38). The Bertz CT molecular complexity index is 1710. The van der Waals surface area contributed by atoms with Gasteiger partial charge >= 0.3 is 6.09 Å². The number of benzene rings is 1. The van der Waals surface area contributed by atoms with Gasteiger partial charge in [-0.2, -0.15) is 9.49 Å². The third-order valence-electron chi connectivity index (χ3n) is 6.15. The van der Waals surface area contributed by atoms with Crippen LogP contribution >= 0.6 is 0 Å². The molecule has 0 radical (unpaired) electrons. The Balaban J connectivity index is 1.39. The second-order valence-electron chi connectivity index (χ2n) is 8.56. The van der Waals surface area contributed by atoms with Crippen molar-refractivity contribution in [1.82, 2.24) is 34.0 Å². The van der Waals surface area contributed by atoms with E-state index in [0.717, 1.165) is 6.07 Å². The molecule has 13 heteroatoms. The number of hydrogen-bond donors (Lipinski definition) is 2. The van der Waals surface area contributed by atoms with Crippen molar-refractivity contribution in [2.45, 2.75) is 13.1 Å². The van der Waals surface area contributed by atoms with Crippen LogP contribution in [0.4, 0.5) is 19.4 Å². The van der Waals surface area contributed by atoms with Crippen LogP contribution in [0.2, 0.25) is 0 Å². The van der Waals surface area contributed by atoms with Crippen molar-refractivity contribution in [3.05, 3.63) is 84.1 Å². The van der Waals surface area contributed by atoms with E-state index in [2.05, 4.69) is 20.4 Å². The van der Waals surface area contributed by atoms with Crippen molar-refractivity contribution in [3.63, 3.8) is 0 Å². The summed E-state index contributed by atoms with van der Waals surface area (Å²) in [6, 6.07) is 11.7. The van der Waals surface area contributed by atoms with Gasteiger partial charge < -0.3 is 15.0 Å². The van der Waals surface area contributed by atoms with Crippen LogP contribution < -0.4 is 5.32 Å². The topological polar surface area (TPSA) is 131 Å². The highest BCUT2D eigenvalue weighted by atomic mass is 19.1. The average Bonchev–Trinajstić information content (AvgIpc) is 3.48. The number of pyridine rings is 1. The number of carboxylic acid groups (broad SMARTS) is 1. The van der Waals surface area contributed by atoms with Crippen LogP contribution in [0.5, 0.6) is 0 Å². The Morgan fingerprint density at radius 3 is 2.58 bits per heavy atom. The molecule has 0 saturated heterocycles. The molecule has 5 aromatic rings. The Labute approximate surface area is 213 Å². The molecule has 0 aliphatic carbocycles. The van der Waals surface area contributed by atoms with E-state index in [1.807, 2.05) is 4.57 Å². The number of fused-ring (bicyclic) bond motifs is 2. The Morgan fingerprint density at radius 1 is 1.00 bits per heavy atom. The van der Waals surface area contributed by atoms with Gasteiger partial charge in [-0.05, 0) is 42.5 Å².